The van der Waals surface area contributed by atoms with Gasteiger partial charge in [0.25, 0.3) is 5.91 Å². The number of methoxy groups -OCH3 is 1. The Morgan fingerprint density at radius 3 is 2.47 bits per heavy atom. The number of nitrogens with zero attached hydrogens (tertiary/aromatic N) is 2. The largest absolute Gasteiger partial charge is 0.496 e. The van der Waals surface area contributed by atoms with Crippen LogP contribution in [0.1, 0.15) is 55.8 Å². The first kappa shape index (κ1) is 22.9. The number of unbranched alkanes of at least 4 members (excludes halogenated alkanes) is 1. The first-order valence-electron chi connectivity index (χ1n) is 11.2. The van der Waals surface area contributed by atoms with Gasteiger partial charge in [-0.05, 0) is 56.8 Å². The van der Waals surface area contributed by atoms with Gasteiger partial charge in [0, 0.05) is 43.2 Å². The van der Waals surface area contributed by atoms with Gasteiger partial charge in [0.2, 0.25) is 5.91 Å². The molecule has 166 valence electrons. The van der Waals surface area contributed by atoms with Crippen molar-refractivity contribution in [3.63, 3.8) is 0 Å². The number of ether oxygens (including phenoxy) is 1. The van der Waals surface area contributed by atoms with Crippen LogP contribution in [0.3, 0.4) is 0 Å². The SMILES string of the molecule is CCCCN1CCC(NC(=O)C2CCN(C(=O)c3cc(Cl)ccc3OC)CC2)CC1. The molecule has 1 aromatic rings. The normalized spacial score (nSPS) is 19.0. The lowest BCUT2D eigenvalue weighted by Crippen LogP contribution is -2.48. The summed E-state index contributed by atoms with van der Waals surface area (Å²) < 4.78 is 5.31. The molecule has 2 fully saturated rings. The van der Waals surface area contributed by atoms with Crippen LogP contribution in [0.25, 0.3) is 0 Å². The first-order valence-corrected chi connectivity index (χ1v) is 11.5. The van der Waals surface area contributed by atoms with E-state index < -0.39 is 0 Å². The summed E-state index contributed by atoms with van der Waals surface area (Å²) in [7, 11) is 1.55. The highest BCUT2D eigenvalue weighted by atomic mass is 35.5. The van der Waals surface area contributed by atoms with Crippen LogP contribution in [0.2, 0.25) is 5.02 Å². The van der Waals surface area contributed by atoms with Crippen molar-refractivity contribution in [1.29, 1.82) is 0 Å². The Labute approximate surface area is 184 Å². The van der Waals surface area contributed by atoms with Crippen molar-refractivity contribution in [3.05, 3.63) is 28.8 Å². The minimum absolute atomic E-state index is 0.0200. The van der Waals surface area contributed by atoms with Gasteiger partial charge in [-0.2, -0.15) is 0 Å². The average molecular weight is 436 g/mol. The van der Waals surface area contributed by atoms with E-state index in [1.807, 2.05) is 0 Å². The van der Waals surface area contributed by atoms with Crippen molar-refractivity contribution in [3.8, 4) is 5.75 Å². The smallest absolute Gasteiger partial charge is 0.257 e. The predicted molar refractivity (Wildman–Crippen MR) is 119 cm³/mol. The fraction of sp³-hybridized carbons (Fsp3) is 0.652. The molecule has 0 saturated carbocycles. The number of halogens is 1. The average Bonchev–Trinajstić information content (AvgIpc) is 2.78. The standard InChI is InChI=1S/C23H34ClN3O3/c1-3-4-11-26-12-9-19(10-13-26)25-22(28)17-7-14-27(15-8-17)23(29)20-16-18(24)5-6-21(20)30-2/h5-6,16-17,19H,3-4,7-15H2,1-2H3,(H,25,28). The van der Waals surface area contributed by atoms with Gasteiger partial charge in [-0.3, -0.25) is 9.59 Å². The molecule has 3 rings (SSSR count). The van der Waals surface area contributed by atoms with E-state index in [9.17, 15) is 9.59 Å². The molecule has 0 aromatic heterocycles. The maximum absolute atomic E-state index is 12.9. The number of likely N-dealkylation sites (tertiary alicyclic amines) is 2. The van der Waals surface area contributed by atoms with Gasteiger partial charge < -0.3 is 19.9 Å². The molecule has 6 nitrogen and oxygen atoms in total. The second-order valence-corrected chi connectivity index (χ2v) is 8.83. The Morgan fingerprint density at radius 1 is 1.13 bits per heavy atom. The molecule has 1 aromatic carbocycles. The van der Waals surface area contributed by atoms with Crippen molar-refractivity contribution in [2.24, 2.45) is 5.92 Å². The molecule has 2 saturated heterocycles. The number of rotatable bonds is 7. The molecular formula is C23H34ClN3O3. The van der Waals surface area contributed by atoms with Gasteiger partial charge in [-0.1, -0.05) is 24.9 Å². The molecule has 7 heteroatoms. The molecule has 0 aliphatic carbocycles. The molecular weight excluding hydrogens is 402 g/mol. The summed E-state index contributed by atoms with van der Waals surface area (Å²) in [4.78, 5) is 30.0. The van der Waals surface area contributed by atoms with E-state index >= 15 is 0 Å². The highest BCUT2D eigenvalue weighted by molar-refractivity contribution is 6.31. The monoisotopic (exact) mass is 435 g/mol. The zero-order chi connectivity index (χ0) is 21.5. The molecule has 0 unspecified atom stereocenters. The van der Waals surface area contributed by atoms with E-state index in [2.05, 4.69) is 17.1 Å². The van der Waals surface area contributed by atoms with Gasteiger partial charge in [0.15, 0.2) is 0 Å². The van der Waals surface area contributed by atoms with Crippen molar-refractivity contribution in [2.75, 3.05) is 39.8 Å². The number of carbonyl (C=O) groups excluding carboxylic acids is 2. The van der Waals surface area contributed by atoms with Crippen molar-refractivity contribution >= 4 is 23.4 Å². The lowest BCUT2D eigenvalue weighted by molar-refractivity contribution is -0.127. The zero-order valence-electron chi connectivity index (χ0n) is 18.2. The predicted octanol–water partition coefficient (Wildman–Crippen LogP) is 3.58. The van der Waals surface area contributed by atoms with Crippen LogP contribution in [0.15, 0.2) is 18.2 Å². The molecule has 0 radical (unpaired) electrons. The van der Waals surface area contributed by atoms with E-state index in [4.69, 9.17) is 16.3 Å². The van der Waals surface area contributed by atoms with E-state index in [0.717, 1.165) is 25.9 Å². The summed E-state index contributed by atoms with van der Waals surface area (Å²) in [6.07, 6.45) is 5.91. The number of nitrogens with one attached hydrogen (secondary N) is 1. The van der Waals surface area contributed by atoms with Crippen molar-refractivity contribution < 1.29 is 14.3 Å². The van der Waals surface area contributed by atoms with Crippen LogP contribution in [0.4, 0.5) is 0 Å². The number of carbonyl (C=O) groups is 2. The maximum atomic E-state index is 12.9. The number of hydrogen-bond acceptors (Lipinski definition) is 4. The topological polar surface area (TPSA) is 61.9 Å². The first-order chi connectivity index (χ1) is 14.5. The number of piperidine rings is 2. The maximum Gasteiger partial charge on any atom is 0.257 e. The van der Waals surface area contributed by atoms with Crippen LogP contribution >= 0.6 is 11.6 Å². The molecule has 0 bridgehead atoms. The van der Waals surface area contributed by atoms with E-state index in [1.54, 1.807) is 30.2 Å². The van der Waals surface area contributed by atoms with Crippen LogP contribution in [0, 0.1) is 5.92 Å². The summed E-state index contributed by atoms with van der Waals surface area (Å²) in [5.41, 5.74) is 0.475. The summed E-state index contributed by atoms with van der Waals surface area (Å²) in [6, 6.07) is 5.35. The molecule has 0 spiro atoms. The van der Waals surface area contributed by atoms with Crippen molar-refractivity contribution in [2.45, 2.75) is 51.5 Å². The van der Waals surface area contributed by atoms with Gasteiger partial charge in [0.05, 0.1) is 12.7 Å². The minimum Gasteiger partial charge on any atom is -0.496 e. The van der Waals surface area contributed by atoms with E-state index in [0.29, 0.717) is 42.3 Å². The Morgan fingerprint density at radius 2 is 1.83 bits per heavy atom. The lowest BCUT2D eigenvalue weighted by Gasteiger charge is -2.35. The quantitative estimate of drug-likeness (QED) is 0.711. The van der Waals surface area contributed by atoms with Crippen LogP contribution < -0.4 is 10.1 Å². The summed E-state index contributed by atoms with van der Waals surface area (Å²) >= 11 is 6.07. The Kier molecular flexibility index (Phi) is 8.40. The molecule has 30 heavy (non-hydrogen) atoms. The van der Waals surface area contributed by atoms with Gasteiger partial charge in [0.1, 0.15) is 5.75 Å². The third-order valence-corrected chi connectivity index (χ3v) is 6.54. The van der Waals surface area contributed by atoms with Crippen LogP contribution in [-0.4, -0.2) is 67.5 Å². The summed E-state index contributed by atoms with van der Waals surface area (Å²) in [5, 5.41) is 3.77. The molecule has 2 amide bonds. The minimum atomic E-state index is -0.0901. The molecule has 2 aliphatic rings. The Bertz CT molecular complexity index is 726. The number of amides is 2. The highest BCUT2D eigenvalue weighted by Gasteiger charge is 2.30. The van der Waals surface area contributed by atoms with Gasteiger partial charge in [-0.25, -0.2) is 0 Å². The van der Waals surface area contributed by atoms with Crippen LogP contribution in [0.5, 0.6) is 5.75 Å². The second-order valence-electron chi connectivity index (χ2n) is 8.39. The molecule has 2 heterocycles. The van der Waals surface area contributed by atoms with Gasteiger partial charge in [-0.15, -0.1) is 0 Å². The summed E-state index contributed by atoms with van der Waals surface area (Å²) in [5.74, 6) is 0.560. The third-order valence-electron chi connectivity index (χ3n) is 6.31. The molecule has 2 aliphatic heterocycles. The summed E-state index contributed by atoms with van der Waals surface area (Å²) in [6.45, 7) is 6.67. The van der Waals surface area contributed by atoms with E-state index in [-0.39, 0.29) is 23.8 Å². The zero-order valence-corrected chi connectivity index (χ0v) is 18.9. The number of hydrogen-bond donors (Lipinski definition) is 1. The fourth-order valence-electron chi connectivity index (χ4n) is 4.36. The fourth-order valence-corrected chi connectivity index (χ4v) is 4.54. The van der Waals surface area contributed by atoms with Crippen LogP contribution in [-0.2, 0) is 4.79 Å². The Balaban J connectivity index is 1.46. The second kappa shape index (κ2) is 11.0. The van der Waals surface area contributed by atoms with Crippen molar-refractivity contribution in [1.82, 2.24) is 15.1 Å². The van der Waals surface area contributed by atoms with Gasteiger partial charge >= 0.3 is 0 Å². The number of benzene rings is 1. The van der Waals surface area contributed by atoms with E-state index in [1.165, 1.54) is 19.4 Å². The third kappa shape index (κ3) is 5.88. The Hall–Kier alpha value is -1.79. The lowest BCUT2D eigenvalue weighted by atomic mass is 9.94. The highest BCUT2D eigenvalue weighted by Crippen LogP contribution is 2.26. The molecule has 1 N–H and O–H groups in total. The molecule has 0 atom stereocenters.